The van der Waals surface area contributed by atoms with E-state index >= 15 is 0 Å². The number of H-pyrrole nitrogens is 1. The summed E-state index contributed by atoms with van der Waals surface area (Å²) in [4.78, 5) is 6.01. The first-order valence-electron chi connectivity index (χ1n) is 4.61. The third kappa shape index (κ3) is 2.46. The van der Waals surface area contributed by atoms with Crippen LogP contribution in [0.1, 0.15) is 0 Å². The summed E-state index contributed by atoms with van der Waals surface area (Å²) in [5.74, 6) is 0.802. The number of aromatic nitrogens is 1. The molecule has 2 rings (SSSR count). The van der Waals surface area contributed by atoms with E-state index in [0.717, 1.165) is 16.3 Å². The van der Waals surface area contributed by atoms with Crippen LogP contribution >= 0.6 is 11.8 Å². The van der Waals surface area contributed by atoms with Crippen molar-refractivity contribution in [3.8, 4) is 0 Å². The lowest BCUT2D eigenvalue weighted by molar-refractivity contribution is 1.11. The average Bonchev–Trinajstić information content (AvgIpc) is 2.67. The Bertz CT molecular complexity index is 466. The van der Waals surface area contributed by atoms with E-state index < -0.39 is 0 Å². The Balaban J connectivity index is 2.05. The zero-order valence-corrected chi connectivity index (χ0v) is 8.87. The lowest BCUT2D eigenvalue weighted by Crippen LogP contribution is -1.82. The molecule has 0 amide bonds. The quantitative estimate of drug-likeness (QED) is 0.275. The number of nitrogens with one attached hydrogen (secondary N) is 1. The third-order valence-electron chi connectivity index (χ3n) is 2.02. The molecular formula is C10H10N4S. The van der Waals surface area contributed by atoms with Crippen molar-refractivity contribution in [2.75, 3.05) is 12.3 Å². The van der Waals surface area contributed by atoms with E-state index in [9.17, 15) is 0 Å². The van der Waals surface area contributed by atoms with E-state index in [1.54, 1.807) is 11.8 Å². The summed E-state index contributed by atoms with van der Waals surface area (Å²) in [6.07, 6.45) is 0. The Morgan fingerprint density at radius 2 is 2.27 bits per heavy atom. The van der Waals surface area contributed by atoms with Gasteiger partial charge >= 0.3 is 0 Å². The summed E-state index contributed by atoms with van der Waals surface area (Å²) >= 11 is 1.67. The Kier molecular flexibility index (Phi) is 3.17. The van der Waals surface area contributed by atoms with Crippen LogP contribution in [0.4, 0.5) is 0 Å². The summed E-state index contributed by atoms with van der Waals surface area (Å²) in [6, 6.07) is 10.3. The molecule has 4 nitrogen and oxygen atoms in total. The molecule has 0 spiro atoms. The fraction of sp³-hybridized carbons (Fsp3) is 0.200. The van der Waals surface area contributed by atoms with Crippen molar-refractivity contribution in [1.29, 1.82) is 0 Å². The van der Waals surface area contributed by atoms with Crippen LogP contribution in [0.25, 0.3) is 21.3 Å². The molecule has 76 valence electrons. The maximum Gasteiger partial charge on any atom is 0.0732 e. The van der Waals surface area contributed by atoms with Crippen LogP contribution in [0, 0.1) is 0 Å². The minimum atomic E-state index is 0.524. The molecule has 0 atom stereocenters. The van der Waals surface area contributed by atoms with Gasteiger partial charge in [-0.25, -0.2) is 0 Å². The molecule has 0 aliphatic heterocycles. The predicted molar refractivity (Wildman–Crippen MR) is 63.0 cm³/mol. The van der Waals surface area contributed by atoms with E-state index in [-0.39, 0.29) is 0 Å². The van der Waals surface area contributed by atoms with Crippen LogP contribution < -0.4 is 0 Å². The smallest absolute Gasteiger partial charge is 0.0732 e. The fourth-order valence-electron chi connectivity index (χ4n) is 1.37. The van der Waals surface area contributed by atoms with Gasteiger partial charge in [-0.1, -0.05) is 23.3 Å². The van der Waals surface area contributed by atoms with Gasteiger partial charge in [0.25, 0.3) is 0 Å². The van der Waals surface area contributed by atoms with Crippen molar-refractivity contribution in [2.24, 2.45) is 5.11 Å². The molecule has 15 heavy (non-hydrogen) atoms. The van der Waals surface area contributed by atoms with Gasteiger partial charge in [0.05, 0.1) is 5.03 Å². The molecule has 0 fully saturated rings. The zero-order valence-electron chi connectivity index (χ0n) is 8.05. The van der Waals surface area contributed by atoms with Crippen LogP contribution in [0.5, 0.6) is 0 Å². The summed E-state index contributed by atoms with van der Waals surface area (Å²) in [7, 11) is 0. The van der Waals surface area contributed by atoms with E-state index in [0.29, 0.717) is 6.54 Å². The van der Waals surface area contributed by atoms with Gasteiger partial charge in [0.15, 0.2) is 0 Å². The number of para-hydroxylation sites is 1. The number of hydrogen-bond acceptors (Lipinski definition) is 2. The first kappa shape index (κ1) is 9.96. The van der Waals surface area contributed by atoms with Gasteiger partial charge in [-0.2, -0.15) is 0 Å². The maximum absolute atomic E-state index is 8.12. The highest BCUT2D eigenvalue weighted by Gasteiger charge is 1.99. The topological polar surface area (TPSA) is 64.6 Å². The van der Waals surface area contributed by atoms with Crippen molar-refractivity contribution in [2.45, 2.75) is 5.03 Å². The maximum atomic E-state index is 8.12. The number of thioether (sulfide) groups is 1. The van der Waals surface area contributed by atoms with Crippen LogP contribution in [-0.2, 0) is 0 Å². The summed E-state index contributed by atoms with van der Waals surface area (Å²) in [5.41, 5.74) is 9.26. The van der Waals surface area contributed by atoms with Gasteiger partial charge in [0.2, 0.25) is 0 Å². The van der Waals surface area contributed by atoms with Gasteiger partial charge in [0.1, 0.15) is 0 Å². The molecule has 1 aromatic heterocycles. The molecule has 1 aromatic carbocycles. The Morgan fingerprint density at radius 3 is 3.07 bits per heavy atom. The highest BCUT2D eigenvalue weighted by Crippen LogP contribution is 2.22. The molecule has 0 unspecified atom stereocenters. The van der Waals surface area contributed by atoms with Crippen LogP contribution in [0.2, 0.25) is 0 Å². The minimum Gasteiger partial charge on any atom is -0.350 e. The Labute approximate surface area is 91.3 Å². The molecule has 1 N–H and O–H groups in total. The standard InChI is InChI=1S/C10H10N4S/c11-14-12-5-6-15-10-7-8-3-1-2-4-9(8)13-10/h1-4,7,13H,5-6H2. The third-order valence-corrected chi connectivity index (χ3v) is 2.93. The number of benzene rings is 1. The molecule has 0 radical (unpaired) electrons. The normalized spacial score (nSPS) is 10.1. The molecule has 5 heteroatoms. The second kappa shape index (κ2) is 4.77. The number of aromatic amines is 1. The van der Waals surface area contributed by atoms with Gasteiger partial charge in [-0.15, -0.1) is 11.8 Å². The van der Waals surface area contributed by atoms with Gasteiger partial charge in [0, 0.05) is 28.1 Å². The van der Waals surface area contributed by atoms with Gasteiger partial charge < -0.3 is 4.98 Å². The monoisotopic (exact) mass is 218 g/mol. The average molecular weight is 218 g/mol. The highest BCUT2D eigenvalue weighted by molar-refractivity contribution is 7.99. The van der Waals surface area contributed by atoms with Crippen molar-refractivity contribution in [3.63, 3.8) is 0 Å². The summed E-state index contributed by atoms with van der Waals surface area (Å²) in [6.45, 7) is 0.524. The SMILES string of the molecule is [N-]=[N+]=NCCSc1cc2ccccc2[nH]1. The molecule has 0 aliphatic carbocycles. The summed E-state index contributed by atoms with van der Waals surface area (Å²) in [5, 5.41) is 5.81. The second-order valence-corrected chi connectivity index (χ2v) is 4.16. The largest absolute Gasteiger partial charge is 0.350 e. The van der Waals surface area contributed by atoms with Gasteiger partial charge in [-0.3, -0.25) is 0 Å². The highest BCUT2D eigenvalue weighted by atomic mass is 32.2. The van der Waals surface area contributed by atoms with E-state index in [1.165, 1.54) is 5.39 Å². The number of fused-ring (bicyclic) bond motifs is 1. The molecule has 0 bridgehead atoms. The molecule has 1 heterocycles. The zero-order chi connectivity index (χ0) is 10.5. The van der Waals surface area contributed by atoms with E-state index in [4.69, 9.17) is 5.53 Å². The van der Waals surface area contributed by atoms with Crippen molar-refractivity contribution < 1.29 is 0 Å². The number of nitrogens with zero attached hydrogens (tertiary/aromatic N) is 3. The van der Waals surface area contributed by atoms with Crippen molar-refractivity contribution in [1.82, 2.24) is 4.98 Å². The van der Waals surface area contributed by atoms with E-state index in [2.05, 4.69) is 27.1 Å². The van der Waals surface area contributed by atoms with Gasteiger partial charge in [-0.05, 0) is 17.7 Å². The summed E-state index contributed by atoms with van der Waals surface area (Å²) < 4.78 is 0. The molecule has 0 saturated carbocycles. The number of hydrogen-bond donors (Lipinski definition) is 1. The Hall–Kier alpha value is -1.58. The molecule has 2 aromatic rings. The number of azide groups is 1. The predicted octanol–water partition coefficient (Wildman–Crippen LogP) is 3.57. The van der Waals surface area contributed by atoms with Crippen LogP contribution in [0.3, 0.4) is 0 Å². The number of rotatable bonds is 4. The lowest BCUT2D eigenvalue weighted by Gasteiger charge is -1.92. The van der Waals surface area contributed by atoms with Crippen molar-refractivity contribution >= 4 is 22.7 Å². The minimum absolute atomic E-state index is 0.524. The Morgan fingerprint density at radius 1 is 1.40 bits per heavy atom. The van der Waals surface area contributed by atoms with Crippen LogP contribution in [0.15, 0.2) is 40.5 Å². The first-order chi connectivity index (χ1) is 7.40. The lowest BCUT2D eigenvalue weighted by atomic mass is 10.3. The van der Waals surface area contributed by atoms with E-state index in [1.807, 2.05) is 18.2 Å². The fourth-order valence-corrected chi connectivity index (χ4v) is 2.15. The van der Waals surface area contributed by atoms with Crippen molar-refractivity contribution in [3.05, 3.63) is 40.8 Å². The first-order valence-corrected chi connectivity index (χ1v) is 5.60. The molecule has 0 saturated heterocycles. The second-order valence-electron chi connectivity index (χ2n) is 3.02. The van der Waals surface area contributed by atoms with Crippen LogP contribution in [-0.4, -0.2) is 17.3 Å². The molecule has 0 aliphatic rings. The molecular weight excluding hydrogens is 208 g/mol.